The van der Waals surface area contributed by atoms with Gasteiger partial charge in [-0.25, -0.2) is 4.68 Å². The van der Waals surface area contributed by atoms with Crippen LogP contribution in [-0.4, -0.2) is 63.6 Å². The summed E-state index contributed by atoms with van der Waals surface area (Å²) in [6.45, 7) is 6.83. The summed E-state index contributed by atoms with van der Waals surface area (Å²) in [7, 11) is 3.65. The Morgan fingerprint density at radius 2 is 1.93 bits per heavy atom. The fourth-order valence-corrected chi connectivity index (χ4v) is 6.26. The first-order valence-corrected chi connectivity index (χ1v) is 14.1. The van der Waals surface area contributed by atoms with Gasteiger partial charge in [0, 0.05) is 64.3 Å². The lowest BCUT2D eigenvalue weighted by atomic mass is 9.84. The van der Waals surface area contributed by atoms with Crippen LogP contribution < -0.4 is 0 Å². The number of hydrogen-bond donors (Lipinski definition) is 0. The number of Topliss-reactive ketones (excluding diaryl/α,β-unsaturated/α-hetero) is 1. The number of likely N-dealkylation sites (tertiary alicyclic amines) is 1. The van der Waals surface area contributed by atoms with Crippen molar-refractivity contribution in [1.82, 2.24) is 24.5 Å². The van der Waals surface area contributed by atoms with E-state index < -0.39 is 0 Å². The van der Waals surface area contributed by atoms with Crippen LogP contribution >= 0.6 is 0 Å². The first-order chi connectivity index (χ1) is 19.5. The highest BCUT2D eigenvalue weighted by Crippen LogP contribution is 2.37. The number of rotatable bonds is 10. The second-order valence-electron chi connectivity index (χ2n) is 11.1. The Morgan fingerprint density at radius 1 is 1.10 bits per heavy atom. The summed E-state index contributed by atoms with van der Waals surface area (Å²) in [5.41, 5.74) is 8.60. The van der Waals surface area contributed by atoms with Crippen LogP contribution in [0.25, 0.3) is 16.9 Å². The lowest BCUT2D eigenvalue weighted by Crippen LogP contribution is -2.25. The van der Waals surface area contributed by atoms with Crippen LogP contribution in [0.1, 0.15) is 40.3 Å². The zero-order valence-corrected chi connectivity index (χ0v) is 23.5. The summed E-state index contributed by atoms with van der Waals surface area (Å²) in [4.78, 5) is 16.3. The molecule has 2 aliphatic rings. The van der Waals surface area contributed by atoms with E-state index in [1.54, 1.807) is 11.8 Å². The van der Waals surface area contributed by atoms with E-state index in [0.29, 0.717) is 38.6 Å². The number of hydrogen-bond acceptors (Lipinski definition) is 6. The Morgan fingerprint density at radius 3 is 2.70 bits per heavy atom. The van der Waals surface area contributed by atoms with Gasteiger partial charge in [-0.2, -0.15) is 10.2 Å². The number of aryl methyl sites for hydroxylation is 1. The summed E-state index contributed by atoms with van der Waals surface area (Å²) in [6.07, 6.45) is 4.67. The predicted octanol–water partition coefficient (Wildman–Crippen LogP) is 4.48. The van der Waals surface area contributed by atoms with Crippen LogP contribution in [-0.2, 0) is 41.0 Å². The highest BCUT2D eigenvalue weighted by Gasteiger charge is 2.35. The molecule has 8 heteroatoms. The number of ether oxygens (including phenoxy) is 2. The van der Waals surface area contributed by atoms with Crippen molar-refractivity contribution in [3.05, 3.63) is 88.9 Å². The minimum atomic E-state index is 0.242. The standard InChI is InChI=1S/C32H37N5O3/c1-22-31(37(28-7-5-4-6-8-28)34-32(22)27-16-33-35(2)17-27)15-29(38)14-25-18-36(11-12-39-3)19-30(25)23-9-10-24-20-40-21-26(24)13-23/h4-10,13,16-17,25,30H,11-12,14-15,18-21H2,1-3H3/t25-,30+/m1/s1. The molecule has 2 aromatic heterocycles. The molecule has 6 rings (SSSR count). The van der Waals surface area contributed by atoms with Gasteiger partial charge in [-0.05, 0) is 47.2 Å². The third-order valence-electron chi connectivity index (χ3n) is 8.38. The average molecular weight is 540 g/mol. The molecule has 0 radical (unpaired) electrons. The van der Waals surface area contributed by atoms with Gasteiger partial charge in [-0.3, -0.25) is 9.48 Å². The van der Waals surface area contributed by atoms with E-state index in [2.05, 4.69) is 35.1 Å². The Kier molecular flexibility index (Phi) is 7.65. The molecule has 1 fully saturated rings. The van der Waals surface area contributed by atoms with E-state index in [1.807, 2.05) is 54.5 Å². The fourth-order valence-electron chi connectivity index (χ4n) is 6.26. The van der Waals surface area contributed by atoms with E-state index in [4.69, 9.17) is 14.6 Å². The quantitative estimate of drug-likeness (QED) is 0.296. The van der Waals surface area contributed by atoms with Crippen molar-refractivity contribution in [2.45, 2.75) is 38.9 Å². The summed E-state index contributed by atoms with van der Waals surface area (Å²) >= 11 is 0. The van der Waals surface area contributed by atoms with Crippen LogP contribution in [0.3, 0.4) is 0 Å². The van der Waals surface area contributed by atoms with Crippen molar-refractivity contribution in [1.29, 1.82) is 0 Å². The Hall–Kier alpha value is -3.59. The Balaban J connectivity index is 1.27. The summed E-state index contributed by atoms with van der Waals surface area (Å²) in [5, 5.41) is 9.31. The molecule has 2 atom stereocenters. The number of nitrogens with zero attached hydrogens (tertiary/aromatic N) is 5. The minimum Gasteiger partial charge on any atom is -0.383 e. The second kappa shape index (κ2) is 11.5. The third kappa shape index (κ3) is 5.39. The van der Waals surface area contributed by atoms with Crippen molar-refractivity contribution in [2.75, 3.05) is 33.4 Å². The Labute approximate surface area is 235 Å². The highest BCUT2D eigenvalue weighted by atomic mass is 16.5. The number of benzene rings is 2. The van der Waals surface area contributed by atoms with E-state index in [1.165, 1.54) is 16.7 Å². The van der Waals surface area contributed by atoms with Gasteiger partial charge in [0.15, 0.2) is 0 Å². The number of fused-ring (bicyclic) bond motifs is 1. The van der Waals surface area contributed by atoms with Crippen LogP contribution in [0.2, 0.25) is 0 Å². The molecule has 40 heavy (non-hydrogen) atoms. The van der Waals surface area contributed by atoms with Gasteiger partial charge in [-0.1, -0.05) is 36.4 Å². The van der Waals surface area contributed by atoms with Crippen LogP contribution in [0.5, 0.6) is 0 Å². The lowest BCUT2D eigenvalue weighted by molar-refractivity contribution is -0.119. The van der Waals surface area contributed by atoms with E-state index in [-0.39, 0.29) is 11.7 Å². The maximum absolute atomic E-state index is 13.8. The van der Waals surface area contributed by atoms with E-state index in [0.717, 1.165) is 47.8 Å². The first kappa shape index (κ1) is 26.6. The predicted molar refractivity (Wildman–Crippen MR) is 153 cm³/mol. The highest BCUT2D eigenvalue weighted by molar-refractivity contribution is 5.82. The molecule has 208 valence electrons. The van der Waals surface area contributed by atoms with Crippen molar-refractivity contribution in [3.8, 4) is 16.9 Å². The number of para-hydroxylation sites is 1. The lowest BCUT2D eigenvalue weighted by Gasteiger charge is -2.19. The van der Waals surface area contributed by atoms with E-state index >= 15 is 0 Å². The summed E-state index contributed by atoms with van der Waals surface area (Å²) in [6, 6.07) is 16.8. The molecule has 8 nitrogen and oxygen atoms in total. The number of carbonyl (C=O) groups excluding carboxylic acids is 1. The molecule has 2 aliphatic heterocycles. The number of carbonyl (C=O) groups is 1. The zero-order valence-electron chi connectivity index (χ0n) is 23.5. The van der Waals surface area contributed by atoms with Crippen molar-refractivity contribution in [3.63, 3.8) is 0 Å². The normalized spacial score (nSPS) is 18.9. The SMILES string of the molecule is COCCN1C[C@@H](CC(=O)Cc2c(C)c(-c3cnn(C)c3)nn2-c2ccccc2)[C@H](c2ccc3c(c2)COC3)C1. The van der Waals surface area contributed by atoms with Gasteiger partial charge in [0.05, 0.1) is 43.1 Å². The van der Waals surface area contributed by atoms with Gasteiger partial charge in [0.2, 0.25) is 0 Å². The van der Waals surface area contributed by atoms with Gasteiger partial charge in [0.25, 0.3) is 0 Å². The van der Waals surface area contributed by atoms with Crippen molar-refractivity contribution in [2.24, 2.45) is 13.0 Å². The molecule has 0 unspecified atom stereocenters. The number of aromatic nitrogens is 4. The number of methoxy groups -OCH3 is 1. The van der Waals surface area contributed by atoms with Crippen molar-refractivity contribution < 1.29 is 14.3 Å². The molecule has 4 heterocycles. The number of ketones is 1. The topological polar surface area (TPSA) is 74.4 Å². The Bertz CT molecular complexity index is 1490. The molecule has 2 aromatic carbocycles. The molecule has 4 aromatic rings. The summed E-state index contributed by atoms with van der Waals surface area (Å²) < 4.78 is 14.7. The van der Waals surface area contributed by atoms with Crippen molar-refractivity contribution >= 4 is 5.78 Å². The largest absolute Gasteiger partial charge is 0.383 e. The first-order valence-electron chi connectivity index (χ1n) is 14.1. The summed E-state index contributed by atoms with van der Waals surface area (Å²) in [5.74, 6) is 0.791. The maximum atomic E-state index is 13.8. The zero-order chi connectivity index (χ0) is 27.6. The molecule has 0 bridgehead atoms. The van der Waals surface area contributed by atoms with E-state index in [9.17, 15) is 4.79 Å². The molecule has 0 saturated carbocycles. The molecular formula is C32H37N5O3. The molecule has 0 spiro atoms. The minimum absolute atomic E-state index is 0.242. The van der Waals surface area contributed by atoms with Crippen LogP contribution in [0.4, 0.5) is 0 Å². The molecule has 0 amide bonds. The maximum Gasteiger partial charge on any atom is 0.139 e. The van der Waals surface area contributed by atoms with Crippen LogP contribution in [0, 0.1) is 12.8 Å². The van der Waals surface area contributed by atoms with Crippen LogP contribution in [0.15, 0.2) is 60.9 Å². The monoisotopic (exact) mass is 539 g/mol. The third-order valence-corrected chi connectivity index (χ3v) is 8.38. The van der Waals surface area contributed by atoms with Gasteiger partial charge >= 0.3 is 0 Å². The fraction of sp³-hybridized carbons (Fsp3) is 0.406. The molecule has 1 saturated heterocycles. The van der Waals surface area contributed by atoms with Gasteiger partial charge in [-0.15, -0.1) is 0 Å². The second-order valence-corrected chi connectivity index (χ2v) is 11.1. The molecular weight excluding hydrogens is 502 g/mol. The molecule has 0 N–H and O–H groups in total. The van der Waals surface area contributed by atoms with Gasteiger partial charge < -0.3 is 14.4 Å². The molecule has 0 aliphatic carbocycles. The smallest absolute Gasteiger partial charge is 0.139 e. The average Bonchev–Trinajstić information content (AvgIpc) is 3.75. The van der Waals surface area contributed by atoms with Gasteiger partial charge in [0.1, 0.15) is 5.78 Å².